The largest absolute Gasteiger partial charge is 0.505 e. The van der Waals surface area contributed by atoms with Gasteiger partial charge in [0.1, 0.15) is 11.5 Å². The van der Waals surface area contributed by atoms with Gasteiger partial charge in [-0.2, -0.15) is 0 Å². The third kappa shape index (κ3) is 9.27. The lowest BCUT2D eigenvalue weighted by Crippen LogP contribution is -2.16. The Hall–Kier alpha value is -1.60. The van der Waals surface area contributed by atoms with E-state index in [0.717, 1.165) is 47.9 Å². The first-order valence-electron chi connectivity index (χ1n) is 13.8. The fourth-order valence-corrected chi connectivity index (χ4v) is 6.15. The van der Waals surface area contributed by atoms with Crippen molar-refractivity contribution in [2.45, 2.75) is 115 Å². The molecule has 2 nitrogen and oxygen atoms in total. The molecule has 0 fully saturated rings. The minimum Gasteiger partial charge on any atom is -0.414 e. The van der Waals surface area contributed by atoms with Gasteiger partial charge in [-0.15, -0.1) is 4.20 Å². The average molecular weight is 529 g/mol. The molecule has 2 aromatic rings. The Morgan fingerprint density at radius 1 is 0.568 bits per heavy atom. The second-order valence-corrected chi connectivity index (χ2v) is 16.8. The van der Waals surface area contributed by atoms with E-state index in [-0.39, 0.29) is 21.7 Å². The van der Waals surface area contributed by atoms with Crippen molar-refractivity contribution < 1.29 is 13.2 Å². The SMILES string of the molecule is CC(C)(C)Cc1cc2c(c(CC(C)(C)C)c1)OP(F)Oc1c(cc(CC(C)(C)C)cc1CC(C)(C)C)C2. The van der Waals surface area contributed by atoms with Crippen molar-refractivity contribution in [3.63, 3.8) is 0 Å². The van der Waals surface area contributed by atoms with Crippen LogP contribution < -0.4 is 9.05 Å². The highest BCUT2D eigenvalue weighted by atomic mass is 31.2. The van der Waals surface area contributed by atoms with Crippen molar-refractivity contribution in [3.8, 4) is 11.5 Å². The molecule has 0 bridgehead atoms. The second-order valence-electron chi connectivity index (χ2n) is 16.0. The molecule has 0 aromatic heterocycles. The van der Waals surface area contributed by atoms with Crippen LogP contribution in [0.15, 0.2) is 24.3 Å². The van der Waals surface area contributed by atoms with Crippen LogP contribution in [0.5, 0.6) is 11.5 Å². The Balaban J connectivity index is 2.23. The van der Waals surface area contributed by atoms with Gasteiger partial charge in [-0.1, -0.05) is 107 Å². The van der Waals surface area contributed by atoms with Crippen LogP contribution in [0, 0.1) is 21.7 Å². The summed E-state index contributed by atoms with van der Waals surface area (Å²) in [7, 11) is -2.60. The molecular formula is C33H50FO2P. The first-order valence-corrected chi connectivity index (χ1v) is 14.9. The normalized spacial score (nSPS) is 15.3. The van der Waals surface area contributed by atoms with Crippen LogP contribution in [0.1, 0.15) is 116 Å². The lowest BCUT2D eigenvalue weighted by atomic mass is 9.81. The van der Waals surface area contributed by atoms with E-state index in [1.807, 2.05) is 0 Å². The molecule has 1 aliphatic heterocycles. The minimum atomic E-state index is -2.60. The number of fused-ring (bicyclic) bond motifs is 2. The molecule has 3 rings (SSSR count). The summed E-state index contributed by atoms with van der Waals surface area (Å²) in [6.07, 6.45) is 4.25. The summed E-state index contributed by atoms with van der Waals surface area (Å²) in [5.74, 6) is 1.37. The molecule has 0 aliphatic carbocycles. The second kappa shape index (κ2) is 10.5. The van der Waals surface area contributed by atoms with E-state index < -0.39 is 8.69 Å². The van der Waals surface area contributed by atoms with Gasteiger partial charge in [0.05, 0.1) is 0 Å². The first-order chi connectivity index (χ1) is 16.7. The van der Waals surface area contributed by atoms with Crippen LogP contribution in [0.25, 0.3) is 0 Å². The molecule has 0 N–H and O–H groups in total. The maximum atomic E-state index is 15.6. The number of hydrogen-bond acceptors (Lipinski definition) is 2. The van der Waals surface area contributed by atoms with E-state index in [2.05, 4.69) is 107 Å². The lowest BCUT2D eigenvalue weighted by Gasteiger charge is -2.29. The Morgan fingerprint density at radius 3 is 1.19 bits per heavy atom. The topological polar surface area (TPSA) is 18.5 Å². The van der Waals surface area contributed by atoms with E-state index in [4.69, 9.17) is 9.05 Å². The minimum absolute atomic E-state index is 0.0530. The van der Waals surface area contributed by atoms with Crippen LogP contribution in [0.2, 0.25) is 0 Å². The van der Waals surface area contributed by atoms with Gasteiger partial charge in [0, 0.05) is 6.42 Å². The number of hydrogen-bond donors (Lipinski definition) is 0. The summed E-state index contributed by atoms with van der Waals surface area (Å²) < 4.78 is 27.6. The Bertz CT molecular complexity index is 1020. The number of rotatable bonds is 4. The Morgan fingerprint density at radius 2 is 0.892 bits per heavy atom. The molecular weight excluding hydrogens is 478 g/mol. The van der Waals surface area contributed by atoms with Crippen molar-refractivity contribution >= 4 is 8.69 Å². The molecule has 1 heterocycles. The number of halogens is 1. The van der Waals surface area contributed by atoms with E-state index in [1.54, 1.807) is 0 Å². The molecule has 206 valence electrons. The fraction of sp³-hybridized carbons (Fsp3) is 0.636. The van der Waals surface area contributed by atoms with Crippen LogP contribution in [-0.2, 0) is 32.1 Å². The maximum Gasteiger partial charge on any atom is 0.505 e. The summed E-state index contributed by atoms with van der Waals surface area (Å²) in [5.41, 5.74) is 7.32. The van der Waals surface area contributed by atoms with Crippen LogP contribution in [0.3, 0.4) is 0 Å². The maximum absolute atomic E-state index is 15.6. The van der Waals surface area contributed by atoms with Crippen molar-refractivity contribution in [1.29, 1.82) is 0 Å². The van der Waals surface area contributed by atoms with Gasteiger partial charge in [-0.3, -0.25) is 0 Å². The standard InChI is InChI=1S/C33H50FO2P/c1-30(2,3)18-22-13-24-17-25-14-23(19-31(4,5)6)16-27(21-33(10,11)12)29(25)36-37(34)35-28(24)26(15-22)20-32(7,8)9/h13-16H,17-21H2,1-12H3. The first kappa shape index (κ1) is 29.9. The number of benzene rings is 2. The van der Waals surface area contributed by atoms with Crippen LogP contribution in [-0.4, -0.2) is 0 Å². The fourth-order valence-electron chi connectivity index (χ4n) is 5.35. The van der Waals surface area contributed by atoms with Crippen molar-refractivity contribution in [2.24, 2.45) is 21.7 Å². The van der Waals surface area contributed by atoms with E-state index in [9.17, 15) is 0 Å². The molecule has 37 heavy (non-hydrogen) atoms. The molecule has 0 spiro atoms. The zero-order chi connectivity index (χ0) is 28.0. The average Bonchev–Trinajstić information content (AvgIpc) is 2.60. The zero-order valence-corrected chi connectivity index (χ0v) is 26.4. The van der Waals surface area contributed by atoms with E-state index >= 15 is 4.20 Å². The highest BCUT2D eigenvalue weighted by Crippen LogP contribution is 2.51. The molecule has 0 saturated heterocycles. The van der Waals surface area contributed by atoms with Crippen molar-refractivity contribution in [2.75, 3.05) is 0 Å². The molecule has 0 saturated carbocycles. The predicted octanol–water partition coefficient (Wildman–Crippen LogP) is 10.6. The molecule has 0 unspecified atom stereocenters. The Kier molecular flexibility index (Phi) is 8.51. The molecule has 4 heteroatoms. The smallest absolute Gasteiger partial charge is 0.414 e. The van der Waals surface area contributed by atoms with Gasteiger partial charge in [0.25, 0.3) is 0 Å². The third-order valence-electron chi connectivity index (χ3n) is 6.22. The highest BCUT2D eigenvalue weighted by molar-refractivity contribution is 7.42. The van der Waals surface area contributed by atoms with Crippen molar-refractivity contribution in [1.82, 2.24) is 0 Å². The monoisotopic (exact) mass is 528 g/mol. The predicted molar refractivity (Wildman–Crippen MR) is 158 cm³/mol. The van der Waals surface area contributed by atoms with Crippen LogP contribution in [0.4, 0.5) is 4.20 Å². The van der Waals surface area contributed by atoms with Gasteiger partial charge in [-0.05, 0) is 80.7 Å². The summed E-state index contributed by atoms with van der Waals surface area (Å²) in [4.78, 5) is 0. The zero-order valence-electron chi connectivity index (χ0n) is 25.5. The molecule has 2 aromatic carbocycles. The van der Waals surface area contributed by atoms with Crippen molar-refractivity contribution in [3.05, 3.63) is 57.6 Å². The Labute approximate surface area is 227 Å². The summed E-state index contributed by atoms with van der Waals surface area (Å²) in [5, 5.41) is 0. The molecule has 0 radical (unpaired) electrons. The lowest BCUT2D eigenvalue weighted by molar-refractivity contribution is 0.381. The molecule has 0 atom stereocenters. The van der Waals surface area contributed by atoms with Gasteiger partial charge in [0.15, 0.2) is 0 Å². The third-order valence-corrected chi connectivity index (χ3v) is 6.87. The van der Waals surface area contributed by atoms with Gasteiger partial charge in [-0.25, -0.2) is 0 Å². The van der Waals surface area contributed by atoms with E-state index in [0.29, 0.717) is 17.9 Å². The molecule has 0 amide bonds. The highest BCUT2D eigenvalue weighted by Gasteiger charge is 2.30. The molecule has 1 aliphatic rings. The summed E-state index contributed by atoms with van der Waals surface area (Å²) in [6.45, 7) is 26.9. The quantitative estimate of drug-likeness (QED) is 0.367. The van der Waals surface area contributed by atoms with Crippen LogP contribution >= 0.6 is 8.69 Å². The summed E-state index contributed by atoms with van der Waals surface area (Å²) in [6, 6.07) is 8.99. The summed E-state index contributed by atoms with van der Waals surface area (Å²) >= 11 is 0. The van der Waals surface area contributed by atoms with Gasteiger partial charge >= 0.3 is 8.69 Å². The van der Waals surface area contributed by atoms with Gasteiger partial charge < -0.3 is 9.05 Å². The van der Waals surface area contributed by atoms with E-state index in [1.165, 1.54) is 11.1 Å². The van der Waals surface area contributed by atoms with Gasteiger partial charge in [0.2, 0.25) is 0 Å².